The molecule has 0 amide bonds. The van der Waals surface area contributed by atoms with Crippen molar-refractivity contribution in [2.75, 3.05) is 39.6 Å². The van der Waals surface area contributed by atoms with Gasteiger partial charge < -0.3 is 33.8 Å². The van der Waals surface area contributed by atoms with Crippen LogP contribution in [-0.4, -0.2) is 96.7 Å². The molecule has 19 heteroatoms. The van der Waals surface area contributed by atoms with Crippen LogP contribution in [0.1, 0.15) is 349 Å². The van der Waals surface area contributed by atoms with Gasteiger partial charge in [0.1, 0.15) is 19.3 Å². The SMILES string of the molecule is CC/C=C\C/C=C\C/C=C\C/C=C\C/C=C\CCCCCC(=O)OCC(COP(=O)(O)OCC(O)COP(=O)(O)OCC(COC(=O)CCCCCC/C=C\C/C=C\C/C=C\C/C=C\CC)OC(=O)CCCCCCC/C=C\CCCCCCCC)OC(=O)CCCCCCCCCCCCCCCCC. The normalized spacial score (nSPS) is 14.4. The first-order valence-electron chi connectivity index (χ1n) is 41.8. The standard InChI is InChI=1S/C87H150O17P2/c1-5-9-13-17-21-25-29-33-37-39-40-42-46-48-52-56-60-64-68-72-85(90)98-78-83(104-87(92)74-70-66-62-58-54-50-44-36-32-28-24-20-16-12-8-4)80-102-106(95,96)100-76-81(88)75-99-105(93,94)101-79-82(103-86(91)73-69-65-61-57-53-49-43-35-31-27-23-19-15-11-7-3)77-97-84(89)71-67-63-59-55-51-47-45-41-38-34-30-26-22-18-14-10-6-2/h9-10,13-14,21-22,25-26,33-35,37-38,40,42-43,45,47-48,52,81-83,88H,5-8,11-12,15-20,23-24,27-32,36,39,41,44,46,49-51,53-80H2,1-4H3,(H,93,94)(H,95,96)/b13-9-,14-10-,25-21-,26-22-,37-33-,38-34-,42-40-,43-35-,47-45-,52-48-. The average molecular weight is 1530 g/mol. The molecule has 0 aliphatic carbocycles. The lowest BCUT2D eigenvalue weighted by molar-refractivity contribution is -0.161. The number of phosphoric ester groups is 2. The number of hydrogen-bond acceptors (Lipinski definition) is 15. The van der Waals surface area contributed by atoms with Gasteiger partial charge in [-0.3, -0.25) is 37.3 Å². The van der Waals surface area contributed by atoms with Gasteiger partial charge in [0, 0.05) is 25.7 Å². The second-order valence-corrected chi connectivity index (χ2v) is 30.6. The molecule has 0 aromatic carbocycles. The van der Waals surface area contributed by atoms with Gasteiger partial charge in [0.2, 0.25) is 0 Å². The van der Waals surface area contributed by atoms with Gasteiger partial charge in [-0.2, -0.15) is 0 Å². The topological polar surface area (TPSA) is 237 Å². The Hall–Kier alpha value is -4.54. The third kappa shape index (κ3) is 77.6. The highest BCUT2D eigenvalue weighted by atomic mass is 31.2. The fourth-order valence-electron chi connectivity index (χ4n) is 11.1. The van der Waals surface area contributed by atoms with Crippen LogP contribution in [0, 0.1) is 0 Å². The number of phosphoric acid groups is 2. The lowest BCUT2D eigenvalue weighted by atomic mass is 10.0. The molecule has 0 saturated carbocycles. The van der Waals surface area contributed by atoms with Crippen LogP contribution in [0.4, 0.5) is 0 Å². The molecule has 0 bridgehead atoms. The lowest BCUT2D eigenvalue weighted by Gasteiger charge is -2.21. The first-order chi connectivity index (χ1) is 51.7. The Morgan fingerprint density at radius 1 is 0.274 bits per heavy atom. The van der Waals surface area contributed by atoms with E-state index in [1.54, 1.807) is 0 Å². The molecular formula is C87H150O17P2. The first kappa shape index (κ1) is 101. The zero-order valence-corrected chi connectivity index (χ0v) is 68.6. The van der Waals surface area contributed by atoms with Gasteiger partial charge in [-0.05, 0) is 135 Å². The summed E-state index contributed by atoms with van der Waals surface area (Å²) in [5.74, 6) is -2.23. The molecule has 5 atom stereocenters. The van der Waals surface area contributed by atoms with E-state index in [2.05, 4.69) is 149 Å². The van der Waals surface area contributed by atoms with E-state index in [1.165, 1.54) is 103 Å². The molecule has 3 N–H and O–H groups in total. The van der Waals surface area contributed by atoms with Gasteiger partial charge in [0.15, 0.2) is 12.2 Å². The fourth-order valence-corrected chi connectivity index (χ4v) is 12.7. The summed E-state index contributed by atoms with van der Waals surface area (Å²) in [6, 6.07) is 0. The number of aliphatic hydroxyl groups excluding tert-OH is 1. The molecule has 0 aromatic heterocycles. The van der Waals surface area contributed by atoms with E-state index in [1.807, 2.05) is 0 Å². The Balaban J connectivity index is 5.41. The molecule has 17 nitrogen and oxygen atoms in total. The maximum atomic E-state index is 13.1. The van der Waals surface area contributed by atoms with E-state index >= 15 is 0 Å². The summed E-state index contributed by atoms with van der Waals surface area (Å²) in [5, 5.41) is 10.7. The molecule has 106 heavy (non-hydrogen) atoms. The molecule has 0 rings (SSSR count). The lowest BCUT2D eigenvalue weighted by Crippen LogP contribution is -2.30. The van der Waals surface area contributed by atoms with Gasteiger partial charge >= 0.3 is 39.5 Å². The number of allylic oxidation sites excluding steroid dienone is 20. The van der Waals surface area contributed by atoms with Crippen molar-refractivity contribution in [3.05, 3.63) is 122 Å². The summed E-state index contributed by atoms with van der Waals surface area (Å²) in [6.45, 7) is 4.62. The predicted octanol–water partition coefficient (Wildman–Crippen LogP) is 24.7. The van der Waals surface area contributed by atoms with Crippen molar-refractivity contribution >= 4 is 39.5 Å². The molecule has 0 heterocycles. The van der Waals surface area contributed by atoms with Crippen molar-refractivity contribution in [2.45, 2.75) is 367 Å². The average Bonchev–Trinajstić information content (AvgIpc) is 0.909. The molecule has 0 radical (unpaired) electrons. The van der Waals surface area contributed by atoms with Crippen LogP contribution < -0.4 is 0 Å². The number of hydrogen-bond donors (Lipinski definition) is 3. The number of carbonyl (C=O) groups excluding carboxylic acids is 4. The van der Waals surface area contributed by atoms with Crippen molar-refractivity contribution in [1.82, 2.24) is 0 Å². The van der Waals surface area contributed by atoms with Crippen LogP contribution in [0.5, 0.6) is 0 Å². The van der Waals surface area contributed by atoms with Crippen molar-refractivity contribution in [2.24, 2.45) is 0 Å². The van der Waals surface area contributed by atoms with Gasteiger partial charge in [-0.1, -0.05) is 310 Å². The quantitative estimate of drug-likeness (QED) is 0.0169. The number of esters is 4. The highest BCUT2D eigenvalue weighted by molar-refractivity contribution is 7.47. The first-order valence-corrected chi connectivity index (χ1v) is 44.8. The number of ether oxygens (including phenoxy) is 4. The van der Waals surface area contributed by atoms with Gasteiger partial charge in [0.05, 0.1) is 26.4 Å². The minimum atomic E-state index is -4.99. The molecule has 5 unspecified atom stereocenters. The van der Waals surface area contributed by atoms with E-state index in [0.717, 1.165) is 167 Å². The van der Waals surface area contributed by atoms with E-state index < -0.39 is 97.5 Å². The number of unbranched alkanes of at least 4 members (excludes halogenated alkanes) is 32. The van der Waals surface area contributed by atoms with Crippen LogP contribution in [0.3, 0.4) is 0 Å². The summed E-state index contributed by atoms with van der Waals surface area (Å²) >= 11 is 0. The third-order valence-corrected chi connectivity index (χ3v) is 19.3. The van der Waals surface area contributed by atoms with E-state index in [9.17, 15) is 43.2 Å². The number of rotatable bonds is 78. The molecule has 610 valence electrons. The summed E-state index contributed by atoms with van der Waals surface area (Å²) in [6.07, 6.45) is 87.3. The van der Waals surface area contributed by atoms with Crippen molar-refractivity contribution < 1.29 is 80.2 Å². The van der Waals surface area contributed by atoms with Crippen LogP contribution in [0.2, 0.25) is 0 Å². The Labute approximate surface area is 644 Å². The van der Waals surface area contributed by atoms with Crippen LogP contribution in [0.15, 0.2) is 122 Å². The smallest absolute Gasteiger partial charge is 0.462 e. The van der Waals surface area contributed by atoms with Gasteiger partial charge in [0.25, 0.3) is 0 Å². The van der Waals surface area contributed by atoms with Gasteiger partial charge in [-0.25, -0.2) is 9.13 Å². The molecular weight excluding hydrogens is 1380 g/mol. The summed E-state index contributed by atoms with van der Waals surface area (Å²) in [5.41, 5.74) is 0. The highest BCUT2D eigenvalue weighted by Gasteiger charge is 2.30. The third-order valence-electron chi connectivity index (χ3n) is 17.4. The Bertz CT molecular complexity index is 2480. The predicted molar refractivity (Wildman–Crippen MR) is 436 cm³/mol. The number of carbonyl (C=O) groups is 4. The van der Waals surface area contributed by atoms with Crippen molar-refractivity contribution in [3.8, 4) is 0 Å². The molecule has 0 fully saturated rings. The van der Waals surface area contributed by atoms with Crippen molar-refractivity contribution in [1.29, 1.82) is 0 Å². The maximum Gasteiger partial charge on any atom is 0.472 e. The van der Waals surface area contributed by atoms with Crippen LogP contribution >= 0.6 is 15.6 Å². The monoisotopic (exact) mass is 1530 g/mol. The molecule has 0 aliphatic rings. The van der Waals surface area contributed by atoms with Crippen molar-refractivity contribution in [3.63, 3.8) is 0 Å². The second-order valence-electron chi connectivity index (χ2n) is 27.7. The maximum absolute atomic E-state index is 13.1. The number of aliphatic hydroxyl groups is 1. The Kier molecular flexibility index (Phi) is 75.2. The Morgan fingerprint density at radius 2 is 0.491 bits per heavy atom. The zero-order valence-electron chi connectivity index (χ0n) is 66.8. The molecule has 0 aromatic rings. The summed E-state index contributed by atoms with van der Waals surface area (Å²) in [4.78, 5) is 73.2. The van der Waals surface area contributed by atoms with Gasteiger partial charge in [-0.15, -0.1) is 0 Å². The second kappa shape index (κ2) is 78.6. The van der Waals surface area contributed by atoms with Crippen LogP contribution in [0.25, 0.3) is 0 Å². The molecule has 0 aliphatic heterocycles. The summed E-state index contributed by atoms with van der Waals surface area (Å²) in [7, 11) is -9.98. The van der Waals surface area contributed by atoms with E-state index in [4.69, 9.17) is 37.0 Å². The summed E-state index contributed by atoms with van der Waals surface area (Å²) < 4.78 is 68.7. The van der Waals surface area contributed by atoms with Crippen LogP contribution in [-0.2, 0) is 65.4 Å². The fraction of sp³-hybridized carbons (Fsp3) is 0.724. The largest absolute Gasteiger partial charge is 0.472 e. The highest BCUT2D eigenvalue weighted by Crippen LogP contribution is 2.45. The zero-order chi connectivity index (χ0) is 77.4. The minimum Gasteiger partial charge on any atom is -0.462 e. The molecule has 0 saturated heterocycles. The van der Waals surface area contributed by atoms with E-state index in [-0.39, 0.29) is 25.7 Å². The Morgan fingerprint density at radius 3 is 0.774 bits per heavy atom. The minimum absolute atomic E-state index is 0.0780. The molecule has 0 spiro atoms. The van der Waals surface area contributed by atoms with E-state index in [0.29, 0.717) is 25.7 Å².